The number of unbranched alkanes of at least 4 members (excludes halogenated alkanes) is 1. The molecule has 0 aliphatic heterocycles. The molecule has 1 N–H and O–H groups in total. The summed E-state index contributed by atoms with van der Waals surface area (Å²) in [7, 11) is -4.25. The summed E-state index contributed by atoms with van der Waals surface area (Å²) in [5.41, 5.74) is 2.37. The van der Waals surface area contributed by atoms with Gasteiger partial charge in [-0.1, -0.05) is 25.5 Å². The summed E-state index contributed by atoms with van der Waals surface area (Å²) in [6.07, 6.45) is 4.02. The molecule has 0 aliphatic carbocycles. The van der Waals surface area contributed by atoms with Crippen molar-refractivity contribution in [3.05, 3.63) is 48.2 Å². The normalized spacial score (nSPS) is 11.6. The van der Waals surface area contributed by atoms with E-state index >= 15 is 0 Å². The zero-order valence-corrected chi connectivity index (χ0v) is 13.1. The van der Waals surface area contributed by atoms with Gasteiger partial charge in [0.1, 0.15) is 11.4 Å². The Morgan fingerprint density at radius 3 is 2.57 bits per heavy atom. The maximum atomic E-state index is 11.6. The van der Waals surface area contributed by atoms with E-state index in [0.29, 0.717) is 5.56 Å². The Bertz CT molecular complexity index is 739. The Morgan fingerprint density at radius 2 is 1.90 bits per heavy atom. The minimum Gasteiger partial charge on any atom is -0.282 e. The largest absolute Gasteiger partial charge is 0.295 e. The summed E-state index contributed by atoms with van der Waals surface area (Å²) in [5, 5.41) is 0. The third-order valence-corrected chi connectivity index (χ3v) is 4.30. The molecule has 0 radical (unpaired) electrons. The van der Waals surface area contributed by atoms with Crippen LogP contribution in [0.25, 0.3) is 11.3 Å². The molecule has 2 rings (SSSR count). The predicted molar refractivity (Wildman–Crippen MR) is 81.5 cm³/mol. The van der Waals surface area contributed by atoms with Crippen molar-refractivity contribution in [1.29, 1.82) is 0 Å². The maximum Gasteiger partial charge on any atom is 0.295 e. The van der Waals surface area contributed by atoms with E-state index in [0.717, 1.165) is 30.6 Å². The van der Waals surface area contributed by atoms with Crippen molar-refractivity contribution in [1.82, 2.24) is 0 Å². The molecule has 0 bridgehead atoms. The molecule has 1 heterocycles. The average Bonchev–Trinajstić information content (AvgIpc) is 2.45. The van der Waals surface area contributed by atoms with Crippen molar-refractivity contribution in [2.45, 2.75) is 38.1 Å². The summed E-state index contributed by atoms with van der Waals surface area (Å²) in [6, 6.07) is 10.5. The number of hydrogen-bond acceptors (Lipinski definition) is 2. The topological polar surface area (TPSA) is 58.2 Å². The quantitative estimate of drug-likeness (QED) is 0.682. The Labute approximate surface area is 125 Å². The minimum atomic E-state index is -4.25. The Kier molecular flexibility index (Phi) is 4.75. The third-order valence-electron chi connectivity index (χ3n) is 3.38. The smallest absolute Gasteiger partial charge is 0.282 e. The summed E-state index contributed by atoms with van der Waals surface area (Å²) in [4.78, 5) is -0.0548. The molecule has 0 fully saturated rings. The van der Waals surface area contributed by atoms with E-state index in [1.165, 1.54) is 6.07 Å². The van der Waals surface area contributed by atoms with Crippen LogP contribution in [-0.4, -0.2) is 13.0 Å². The van der Waals surface area contributed by atoms with Crippen LogP contribution < -0.4 is 4.57 Å². The first-order chi connectivity index (χ1) is 9.93. The number of rotatable bonds is 5. The van der Waals surface area contributed by atoms with Crippen LogP contribution in [0.3, 0.4) is 0 Å². The van der Waals surface area contributed by atoms with Gasteiger partial charge in [-0.15, -0.1) is 0 Å². The van der Waals surface area contributed by atoms with Crippen LogP contribution >= 0.6 is 0 Å². The number of nitrogens with zero attached hydrogens (tertiary/aromatic N) is 1. The first-order valence-corrected chi connectivity index (χ1v) is 8.44. The molecule has 5 heteroatoms. The highest BCUT2D eigenvalue weighted by Crippen LogP contribution is 2.25. The average molecular weight is 306 g/mol. The number of pyridine rings is 1. The second-order valence-electron chi connectivity index (χ2n) is 5.11. The van der Waals surface area contributed by atoms with E-state index in [4.69, 9.17) is 0 Å². The van der Waals surface area contributed by atoms with Gasteiger partial charge in [0.2, 0.25) is 5.69 Å². The SMILES string of the molecule is CCCC[n+]1ccc(C)cc1-c1ccccc1S(=O)(=O)O. The monoisotopic (exact) mass is 306 g/mol. The molecule has 1 aromatic carbocycles. The van der Waals surface area contributed by atoms with Gasteiger partial charge in [-0.3, -0.25) is 4.55 Å². The standard InChI is InChI=1S/C16H19NO3S/c1-3-4-10-17-11-9-13(2)12-15(17)14-7-5-6-8-16(14)21(18,19)20/h5-9,11-12H,3-4,10H2,1-2H3/p+1. The molecule has 4 nitrogen and oxygen atoms in total. The second-order valence-corrected chi connectivity index (χ2v) is 6.50. The van der Waals surface area contributed by atoms with Crippen LogP contribution in [0.1, 0.15) is 25.3 Å². The molecule has 0 unspecified atom stereocenters. The molecule has 0 saturated carbocycles. The van der Waals surface area contributed by atoms with Crippen LogP contribution in [-0.2, 0) is 16.7 Å². The van der Waals surface area contributed by atoms with E-state index in [9.17, 15) is 13.0 Å². The van der Waals surface area contributed by atoms with Gasteiger partial charge in [-0.2, -0.15) is 13.0 Å². The molecule has 2 aromatic rings. The van der Waals surface area contributed by atoms with E-state index in [-0.39, 0.29) is 4.90 Å². The summed E-state index contributed by atoms with van der Waals surface area (Å²) in [5.74, 6) is 0. The Hall–Kier alpha value is -1.72. The minimum absolute atomic E-state index is 0.0548. The molecular formula is C16H20NO3S+. The van der Waals surface area contributed by atoms with Crippen molar-refractivity contribution in [3.8, 4) is 11.3 Å². The van der Waals surface area contributed by atoms with Crippen molar-refractivity contribution in [2.75, 3.05) is 0 Å². The highest BCUT2D eigenvalue weighted by Gasteiger charge is 2.22. The fraction of sp³-hybridized carbons (Fsp3) is 0.312. The molecule has 0 amide bonds. The number of hydrogen-bond donors (Lipinski definition) is 1. The van der Waals surface area contributed by atoms with Crippen LogP contribution in [0.4, 0.5) is 0 Å². The molecule has 112 valence electrons. The van der Waals surface area contributed by atoms with Crippen molar-refractivity contribution >= 4 is 10.1 Å². The summed E-state index contributed by atoms with van der Waals surface area (Å²) < 4.78 is 34.6. The highest BCUT2D eigenvalue weighted by molar-refractivity contribution is 7.86. The van der Waals surface area contributed by atoms with Gasteiger partial charge in [-0.05, 0) is 24.6 Å². The van der Waals surface area contributed by atoms with E-state index in [1.54, 1.807) is 18.2 Å². The van der Waals surface area contributed by atoms with E-state index in [1.807, 2.05) is 29.8 Å². The lowest BCUT2D eigenvalue weighted by atomic mass is 10.1. The van der Waals surface area contributed by atoms with Gasteiger partial charge < -0.3 is 0 Å². The second kappa shape index (κ2) is 6.37. The Balaban J connectivity index is 2.64. The fourth-order valence-corrected chi connectivity index (χ4v) is 2.99. The molecular weight excluding hydrogens is 286 g/mol. The van der Waals surface area contributed by atoms with Crippen LogP contribution in [0.2, 0.25) is 0 Å². The highest BCUT2D eigenvalue weighted by atomic mass is 32.2. The number of aryl methyl sites for hydroxylation is 2. The number of aromatic nitrogens is 1. The summed E-state index contributed by atoms with van der Waals surface area (Å²) in [6.45, 7) is 4.89. The molecule has 0 saturated heterocycles. The Morgan fingerprint density at radius 1 is 1.19 bits per heavy atom. The van der Waals surface area contributed by atoms with Crippen LogP contribution in [0.15, 0.2) is 47.5 Å². The summed E-state index contributed by atoms with van der Waals surface area (Å²) >= 11 is 0. The van der Waals surface area contributed by atoms with Gasteiger partial charge in [0.15, 0.2) is 6.20 Å². The predicted octanol–water partition coefficient (Wildman–Crippen LogP) is 3.00. The zero-order chi connectivity index (χ0) is 15.5. The van der Waals surface area contributed by atoms with Crippen LogP contribution in [0.5, 0.6) is 0 Å². The third kappa shape index (κ3) is 3.68. The molecule has 21 heavy (non-hydrogen) atoms. The van der Waals surface area contributed by atoms with Crippen molar-refractivity contribution in [2.24, 2.45) is 0 Å². The van der Waals surface area contributed by atoms with E-state index < -0.39 is 10.1 Å². The van der Waals surface area contributed by atoms with Gasteiger partial charge in [0, 0.05) is 18.6 Å². The number of benzene rings is 1. The van der Waals surface area contributed by atoms with Gasteiger partial charge in [0.25, 0.3) is 10.1 Å². The zero-order valence-electron chi connectivity index (χ0n) is 12.3. The lowest BCUT2D eigenvalue weighted by molar-refractivity contribution is -0.686. The van der Waals surface area contributed by atoms with Crippen molar-refractivity contribution in [3.63, 3.8) is 0 Å². The van der Waals surface area contributed by atoms with Gasteiger partial charge in [0.05, 0.1) is 5.56 Å². The maximum absolute atomic E-state index is 11.6. The lowest BCUT2D eigenvalue weighted by Crippen LogP contribution is -2.36. The first kappa shape index (κ1) is 15.7. The van der Waals surface area contributed by atoms with Gasteiger partial charge in [-0.25, -0.2) is 0 Å². The molecule has 0 atom stereocenters. The van der Waals surface area contributed by atoms with Crippen molar-refractivity contribution < 1.29 is 17.5 Å². The van der Waals surface area contributed by atoms with E-state index in [2.05, 4.69) is 6.92 Å². The van der Waals surface area contributed by atoms with Gasteiger partial charge >= 0.3 is 0 Å². The van der Waals surface area contributed by atoms with Crippen LogP contribution in [0, 0.1) is 6.92 Å². The lowest BCUT2D eigenvalue weighted by Gasteiger charge is -2.08. The molecule has 0 spiro atoms. The first-order valence-electron chi connectivity index (χ1n) is 7.00. The molecule has 1 aromatic heterocycles. The molecule has 0 aliphatic rings. The fourth-order valence-electron chi connectivity index (χ4n) is 2.29.